The average Bonchev–Trinajstić information content (AvgIpc) is 3.01. The number of benzene rings is 1. The van der Waals surface area contributed by atoms with Crippen molar-refractivity contribution < 1.29 is 9.66 Å². The zero-order valence-corrected chi connectivity index (χ0v) is 13.6. The van der Waals surface area contributed by atoms with Crippen LogP contribution in [0.3, 0.4) is 0 Å². The number of fused-ring (bicyclic) bond motifs is 1. The number of halogens is 1. The molecule has 1 aromatic rings. The fourth-order valence-corrected chi connectivity index (χ4v) is 4.93. The molecule has 0 radical (unpaired) electrons. The molecular weight excluding hydrogens is 336 g/mol. The molecule has 5 nitrogen and oxygen atoms in total. The molecule has 23 heavy (non-hydrogen) atoms. The summed E-state index contributed by atoms with van der Waals surface area (Å²) in [6.45, 7) is 0.457. The zero-order valence-electron chi connectivity index (χ0n) is 12.1. The standard InChI is InChI=1S/C16H13ClN2O3S/c17-11-2-1-9(7-14(11)19(20)21)15-10-3-5-22-8-13(10)18-12-4-6-23-16(12)15/h1-3,5,7,15-16H,4,6,8H2. The van der Waals surface area contributed by atoms with Crippen LogP contribution >= 0.6 is 23.4 Å². The van der Waals surface area contributed by atoms with Crippen LogP contribution in [-0.2, 0) is 4.74 Å². The first kappa shape index (κ1) is 14.8. The van der Waals surface area contributed by atoms with E-state index in [1.165, 1.54) is 0 Å². The number of nitrogens with zero attached hydrogens (tertiary/aromatic N) is 2. The molecular formula is C16H13ClN2O3S. The molecule has 0 aromatic heterocycles. The topological polar surface area (TPSA) is 64.7 Å². The van der Waals surface area contributed by atoms with Crippen LogP contribution in [0, 0.1) is 10.1 Å². The Bertz CT molecular complexity index is 788. The molecule has 2 unspecified atom stereocenters. The van der Waals surface area contributed by atoms with E-state index in [-0.39, 0.29) is 21.9 Å². The van der Waals surface area contributed by atoms with Gasteiger partial charge < -0.3 is 4.74 Å². The van der Waals surface area contributed by atoms with Gasteiger partial charge in [-0.2, -0.15) is 11.8 Å². The second-order valence-electron chi connectivity index (χ2n) is 5.61. The molecule has 3 aliphatic heterocycles. The molecule has 1 fully saturated rings. The first-order valence-electron chi connectivity index (χ1n) is 7.29. The first-order valence-corrected chi connectivity index (χ1v) is 8.72. The first-order chi connectivity index (χ1) is 11.1. The minimum absolute atomic E-state index is 0.0468. The highest BCUT2D eigenvalue weighted by atomic mass is 35.5. The molecule has 0 amide bonds. The van der Waals surface area contributed by atoms with Crippen molar-refractivity contribution in [2.24, 2.45) is 4.99 Å². The number of aliphatic imine (C=N–C) groups is 1. The van der Waals surface area contributed by atoms with Crippen molar-refractivity contribution in [3.63, 3.8) is 0 Å². The smallest absolute Gasteiger partial charge is 0.288 e. The fraction of sp³-hybridized carbons (Fsp3) is 0.312. The van der Waals surface area contributed by atoms with Gasteiger partial charge in [0.2, 0.25) is 0 Å². The van der Waals surface area contributed by atoms with Crippen LogP contribution in [-0.4, -0.2) is 28.2 Å². The average molecular weight is 349 g/mol. The van der Waals surface area contributed by atoms with E-state index in [2.05, 4.69) is 0 Å². The van der Waals surface area contributed by atoms with Gasteiger partial charge in [-0.1, -0.05) is 17.7 Å². The Labute approximate surface area is 142 Å². The lowest BCUT2D eigenvalue weighted by molar-refractivity contribution is -0.384. The van der Waals surface area contributed by atoms with Gasteiger partial charge in [-0.05, 0) is 35.5 Å². The molecule has 1 saturated heterocycles. The Balaban J connectivity index is 1.84. The van der Waals surface area contributed by atoms with Crippen LogP contribution < -0.4 is 0 Å². The summed E-state index contributed by atoms with van der Waals surface area (Å²) in [4.78, 5) is 15.5. The Morgan fingerprint density at radius 2 is 2.30 bits per heavy atom. The quantitative estimate of drug-likeness (QED) is 0.596. The van der Waals surface area contributed by atoms with Gasteiger partial charge in [-0.3, -0.25) is 15.1 Å². The fourth-order valence-electron chi connectivity index (χ4n) is 3.30. The molecule has 0 N–H and O–H groups in total. The van der Waals surface area contributed by atoms with Gasteiger partial charge in [-0.25, -0.2) is 0 Å². The van der Waals surface area contributed by atoms with Crippen LogP contribution in [0.4, 0.5) is 5.69 Å². The summed E-state index contributed by atoms with van der Waals surface area (Å²) in [6, 6.07) is 5.10. The van der Waals surface area contributed by atoms with Crippen molar-refractivity contribution in [2.75, 3.05) is 12.4 Å². The van der Waals surface area contributed by atoms with E-state index in [0.29, 0.717) is 6.61 Å². The predicted octanol–water partition coefficient (Wildman–Crippen LogP) is 4.09. The van der Waals surface area contributed by atoms with Gasteiger partial charge in [0, 0.05) is 17.7 Å². The SMILES string of the molecule is O=[N+]([O-])c1cc(C2C3=C(COC=C3)N=C3CCSC32)ccc1Cl. The number of hydrogen-bond acceptors (Lipinski definition) is 5. The highest BCUT2D eigenvalue weighted by Crippen LogP contribution is 2.46. The van der Waals surface area contributed by atoms with Gasteiger partial charge in [0.25, 0.3) is 5.69 Å². The van der Waals surface area contributed by atoms with Crippen molar-refractivity contribution in [1.29, 1.82) is 0 Å². The summed E-state index contributed by atoms with van der Waals surface area (Å²) in [7, 11) is 0. The third-order valence-electron chi connectivity index (χ3n) is 4.32. The molecule has 0 bridgehead atoms. The van der Waals surface area contributed by atoms with Gasteiger partial charge in [0.05, 0.1) is 22.1 Å². The molecule has 4 rings (SSSR count). The monoisotopic (exact) mass is 348 g/mol. The van der Waals surface area contributed by atoms with Crippen LogP contribution in [0.15, 0.2) is 46.8 Å². The highest BCUT2D eigenvalue weighted by molar-refractivity contribution is 8.01. The van der Waals surface area contributed by atoms with Crippen molar-refractivity contribution in [2.45, 2.75) is 17.6 Å². The maximum absolute atomic E-state index is 11.2. The van der Waals surface area contributed by atoms with Crippen LogP contribution in [0.25, 0.3) is 0 Å². The molecule has 2 atom stereocenters. The number of hydrogen-bond donors (Lipinski definition) is 0. The summed E-state index contributed by atoms with van der Waals surface area (Å²) in [5.41, 5.74) is 4.05. The van der Waals surface area contributed by atoms with Gasteiger partial charge in [0.1, 0.15) is 11.6 Å². The van der Waals surface area contributed by atoms with Crippen LogP contribution in [0.2, 0.25) is 5.02 Å². The minimum atomic E-state index is -0.430. The Morgan fingerprint density at radius 1 is 1.43 bits per heavy atom. The van der Waals surface area contributed by atoms with E-state index in [0.717, 1.165) is 34.7 Å². The molecule has 3 aliphatic rings. The summed E-state index contributed by atoms with van der Waals surface area (Å²) in [6.07, 6.45) is 4.57. The molecule has 0 spiro atoms. The van der Waals surface area contributed by atoms with E-state index in [1.807, 2.05) is 23.9 Å². The number of allylic oxidation sites excluding steroid dienone is 2. The summed E-state index contributed by atoms with van der Waals surface area (Å²) >= 11 is 7.82. The maximum Gasteiger partial charge on any atom is 0.288 e. The Hall–Kier alpha value is -1.79. The second-order valence-corrected chi connectivity index (χ2v) is 7.26. The largest absolute Gasteiger partial charge is 0.495 e. The Kier molecular flexibility index (Phi) is 3.66. The second kappa shape index (κ2) is 5.69. The summed E-state index contributed by atoms with van der Waals surface area (Å²) in [5, 5.41) is 11.6. The van der Waals surface area contributed by atoms with Gasteiger partial charge in [-0.15, -0.1) is 0 Å². The van der Waals surface area contributed by atoms with E-state index >= 15 is 0 Å². The lowest BCUT2D eigenvalue weighted by atomic mass is 9.82. The summed E-state index contributed by atoms with van der Waals surface area (Å²) in [5.74, 6) is 1.09. The van der Waals surface area contributed by atoms with E-state index in [4.69, 9.17) is 21.3 Å². The van der Waals surface area contributed by atoms with Crippen molar-refractivity contribution in [3.05, 3.63) is 62.5 Å². The molecule has 3 heterocycles. The van der Waals surface area contributed by atoms with Crippen molar-refractivity contribution >= 4 is 34.8 Å². The van der Waals surface area contributed by atoms with E-state index < -0.39 is 4.92 Å². The van der Waals surface area contributed by atoms with Crippen LogP contribution in [0.5, 0.6) is 0 Å². The minimum Gasteiger partial charge on any atom is -0.495 e. The number of nitro groups is 1. The van der Waals surface area contributed by atoms with Gasteiger partial charge in [0.15, 0.2) is 0 Å². The number of rotatable bonds is 2. The molecule has 118 valence electrons. The van der Waals surface area contributed by atoms with E-state index in [9.17, 15) is 10.1 Å². The van der Waals surface area contributed by atoms with Crippen LogP contribution in [0.1, 0.15) is 17.9 Å². The Morgan fingerprint density at radius 3 is 3.13 bits per heavy atom. The number of ether oxygens (including phenoxy) is 1. The normalized spacial score (nSPS) is 25.5. The summed E-state index contributed by atoms with van der Waals surface area (Å²) < 4.78 is 5.37. The van der Waals surface area contributed by atoms with Crippen molar-refractivity contribution in [1.82, 2.24) is 0 Å². The third kappa shape index (κ3) is 2.46. The van der Waals surface area contributed by atoms with Gasteiger partial charge >= 0.3 is 0 Å². The molecule has 7 heteroatoms. The molecule has 0 saturated carbocycles. The lowest BCUT2D eigenvalue weighted by Crippen LogP contribution is -2.28. The number of thioether (sulfide) groups is 1. The predicted molar refractivity (Wildman–Crippen MR) is 91.3 cm³/mol. The lowest BCUT2D eigenvalue weighted by Gasteiger charge is -2.31. The third-order valence-corrected chi connectivity index (χ3v) is 5.99. The van der Waals surface area contributed by atoms with Crippen molar-refractivity contribution in [3.8, 4) is 0 Å². The maximum atomic E-state index is 11.2. The zero-order chi connectivity index (χ0) is 16.0. The number of nitro benzene ring substituents is 1. The molecule has 0 aliphatic carbocycles. The van der Waals surface area contributed by atoms with E-state index in [1.54, 1.807) is 18.4 Å². The highest BCUT2D eigenvalue weighted by Gasteiger charge is 2.39. The molecule has 1 aromatic carbocycles.